The zero-order valence-corrected chi connectivity index (χ0v) is 7.13. The molecule has 0 saturated carbocycles. The predicted octanol–water partition coefficient (Wildman–Crippen LogP) is 0.0533. The maximum atomic E-state index is 3.53. The molecule has 2 unspecified atom stereocenters. The first-order valence-corrected chi connectivity index (χ1v) is 5.09. The summed E-state index contributed by atoms with van der Waals surface area (Å²) in [4.78, 5) is 0. The van der Waals surface area contributed by atoms with Gasteiger partial charge in [0.05, 0.1) is 0 Å². The lowest BCUT2D eigenvalue weighted by Gasteiger charge is -2.24. The molecule has 0 aromatic heterocycles. The molecule has 0 aliphatic carbocycles. The van der Waals surface area contributed by atoms with Gasteiger partial charge in [-0.2, -0.15) is 11.8 Å². The highest BCUT2D eigenvalue weighted by Crippen LogP contribution is 2.36. The Labute approximate surface area is 66.1 Å². The van der Waals surface area contributed by atoms with Crippen molar-refractivity contribution in [2.45, 2.75) is 17.2 Å². The monoisotopic (exact) mass is 158 g/mol. The van der Waals surface area contributed by atoms with Crippen LogP contribution in [0.4, 0.5) is 0 Å². The summed E-state index contributed by atoms with van der Waals surface area (Å²) in [6, 6.07) is 0.738. The van der Waals surface area contributed by atoms with E-state index in [0.29, 0.717) is 4.75 Å². The third kappa shape index (κ3) is 0.807. The van der Waals surface area contributed by atoms with Gasteiger partial charge in [0, 0.05) is 23.9 Å². The van der Waals surface area contributed by atoms with Crippen LogP contribution in [-0.2, 0) is 0 Å². The number of nitrogens with one attached hydrogen (secondary N) is 2. The molecule has 2 nitrogen and oxygen atoms in total. The first-order valence-electron chi connectivity index (χ1n) is 3.87. The Morgan fingerprint density at radius 3 is 3.20 bits per heavy atom. The largest absolute Gasteiger partial charge is 0.314 e. The summed E-state index contributed by atoms with van der Waals surface area (Å²) < 4.78 is 0.542. The first-order chi connectivity index (χ1) is 4.87. The van der Waals surface area contributed by atoms with E-state index in [1.54, 1.807) is 0 Å². The molecule has 0 radical (unpaired) electrons. The molecule has 10 heavy (non-hydrogen) atoms. The molecule has 58 valence electrons. The molecule has 3 heteroatoms. The number of hydrogen-bond donors (Lipinski definition) is 2. The maximum absolute atomic E-state index is 3.53. The number of rotatable bonds is 1. The summed E-state index contributed by atoms with van der Waals surface area (Å²) in [5.74, 6) is 0. The van der Waals surface area contributed by atoms with E-state index in [9.17, 15) is 0 Å². The highest BCUT2D eigenvalue weighted by atomic mass is 32.2. The first kappa shape index (κ1) is 6.95. The van der Waals surface area contributed by atoms with Crippen molar-refractivity contribution in [2.75, 3.05) is 25.9 Å². The zero-order valence-electron chi connectivity index (χ0n) is 6.31. The van der Waals surface area contributed by atoms with Gasteiger partial charge in [-0.1, -0.05) is 0 Å². The van der Waals surface area contributed by atoms with E-state index in [1.807, 2.05) is 11.8 Å². The molecule has 2 fully saturated rings. The van der Waals surface area contributed by atoms with Crippen LogP contribution < -0.4 is 10.6 Å². The van der Waals surface area contributed by atoms with Gasteiger partial charge >= 0.3 is 0 Å². The Morgan fingerprint density at radius 2 is 2.50 bits per heavy atom. The average Bonchev–Trinajstić information content (AvgIpc) is 2.42. The summed E-state index contributed by atoms with van der Waals surface area (Å²) in [6.07, 6.45) is 3.57. The molecule has 2 aliphatic rings. The van der Waals surface area contributed by atoms with E-state index in [2.05, 4.69) is 16.9 Å². The molecule has 2 rings (SSSR count). The van der Waals surface area contributed by atoms with Gasteiger partial charge < -0.3 is 10.6 Å². The summed E-state index contributed by atoms with van der Waals surface area (Å²) in [5, 5.41) is 6.96. The summed E-state index contributed by atoms with van der Waals surface area (Å²) in [5.41, 5.74) is 0. The van der Waals surface area contributed by atoms with Crippen LogP contribution in [0, 0.1) is 0 Å². The van der Waals surface area contributed by atoms with Crippen molar-refractivity contribution >= 4 is 11.8 Å². The van der Waals surface area contributed by atoms with Crippen LogP contribution in [0.15, 0.2) is 0 Å². The second kappa shape index (κ2) is 2.40. The predicted molar refractivity (Wildman–Crippen MR) is 45.5 cm³/mol. The zero-order chi connectivity index (χ0) is 7.03. The quantitative estimate of drug-likeness (QED) is 0.564. The van der Waals surface area contributed by atoms with E-state index in [4.69, 9.17) is 0 Å². The second-order valence-electron chi connectivity index (χ2n) is 3.16. The van der Waals surface area contributed by atoms with Crippen LogP contribution in [0.1, 0.15) is 6.42 Å². The van der Waals surface area contributed by atoms with E-state index in [1.165, 1.54) is 26.1 Å². The number of fused-ring (bicyclic) bond motifs is 1. The Kier molecular flexibility index (Phi) is 1.66. The van der Waals surface area contributed by atoms with Crippen molar-refractivity contribution in [2.24, 2.45) is 0 Å². The maximum Gasteiger partial charge on any atom is 0.0458 e. The molecule has 0 aromatic carbocycles. The van der Waals surface area contributed by atoms with Crippen LogP contribution in [0.2, 0.25) is 0 Å². The molecule has 0 amide bonds. The fraction of sp³-hybridized carbons (Fsp3) is 1.00. The third-order valence-electron chi connectivity index (χ3n) is 2.75. The van der Waals surface area contributed by atoms with E-state index >= 15 is 0 Å². The van der Waals surface area contributed by atoms with Gasteiger partial charge in [-0.25, -0.2) is 0 Å². The molecular formula is C7H14N2S. The number of thioether (sulfide) groups is 1. The van der Waals surface area contributed by atoms with Gasteiger partial charge in [0.25, 0.3) is 0 Å². The minimum absolute atomic E-state index is 0.542. The van der Waals surface area contributed by atoms with Crippen molar-refractivity contribution in [3.05, 3.63) is 0 Å². The van der Waals surface area contributed by atoms with E-state index in [-0.39, 0.29) is 0 Å². The van der Waals surface area contributed by atoms with Gasteiger partial charge in [-0.05, 0) is 19.2 Å². The minimum atomic E-state index is 0.542. The van der Waals surface area contributed by atoms with Crippen LogP contribution in [0.5, 0.6) is 0 Å². The molecule has 0 aromatic rings. The third-order valence-corrected chi connectivity index (χ3v) is 4.20. The van der Waals surface area contributed by atoms with Gasteiger partial charge in [0.2, 0.25) is 0 Å². The molecular weight excluding hydrogens is 144 g/mol. The number of hydrogen-bond acceptors (Lipinski definition) is 3. The topological polar surface area (TPSA) is 24.1 Å². The summed E-state index contributed by atoms with van der Waals surface area (Å²) >= 11 is 2.03. The highest BCUT2D eigenvalue weighted by molar-refractivity contribution is 8.00. The van der Waals surface area contributed by atoms with Crippen molar-refractivity contribution in [3.8, 4) is 0 Å². The van der Waals surface area contributed by atoms with Crippen molar-refractivity contribution in [3.63, 3.8) is 0 Å². The molecule has 2 heterocycles. The molecule has 2 atom stereocenters. The fourth-order valence-electron chi connectivity index (χ4n) is 2.03. The molecule has 2 N–H and O–H groups in total. The average molecular weight is 158 g/mol. The minimum Gasteiger partial charge on any atom is -0.314 e. The van der Waals surface area contributed by atoms with Gasteiger partial charge in [-0.3, -0.25) is 0 Å². The van der Waals surface area contributed by atoms with Crippen LogP contribution in [0.25, 0.3) is 0 Å². The lowest BCUT2D eigenvalue weighted by Crippen LogP contribution is -2.38. The van der Waals surface area contributed by atoms with Crippen LogP contribution in [-0.4, -0.2) is 36.7 Å². The fourth-order valence-corrected chi connectivity index (χ4v) is 3.04. The molecule has 0 bridgehead atoms. The second-order valence-corrected chi connectivity index (χ2v) is 4.38. The standard InChI is InChI=1S/C7H14N2S/c1-10-7-2-3-9-6(7)4-8-5-7/h6,8-9H,2-5H2,1H3. The normalized spacial score (nSPS) is 45.9. The molecule has 2 saturated heterocycles. The van der Waals surface area contributed by atoms with Crippen molar-refractivity contribution in [1.29, 1.82) is 0 Å². The molecule has 0 spiro atoms. The van der Waals surface area contributed by atoms with Crippen LogP contribution in [0.3, 0.4) is 0 Å². The van der Waals surface area contributed by atoms with Crippen molar-refractivity contribution in [1.82, 2.24) is 10.6 Å². The Bertz CT molecular complexity index is 128. The van der Waals surface area contributed by atoms with E-state index < -0.39 is 0 Å². The Balaban J connectivity index is 2.15. The smallest absolute Gasteiger partial charge is 0.0458 e. The lowest BCUT2D eigenvalue weighted by atomic mass is 10.0. The Hall–Kier alpha value is 0.270. The van der Waals surface area contributed by atoms with E-state index in [0.717, 1.165) is 6.04 Å². The van der Waals surface area contributed by atoms with Gasteiger partial charge in [0.1, 0.15) is 0 Å². The van der Waals surface area contributed by atoms with Crippen molar-refractivity contribution < 1.29 is 0 Å². The lowest BCUT2D eigenvalue weighted by molar-refractivity contribution is 0.601. The SMILES string of the molecule is CSC12CCNC1CNC2. The molecule has 2 aliphatic heterocycles. The summed E-state index contributed by atoms with van der Waals surface area (Å²) in [7, 11) is 0. The van der Waals surface area contributed by atoms with Gasteiger partial charge in [-0.15, -0.1) is 0 Å². The van der Waals surface area contributed by atoms with Gasteiger partial charge in [0.15, 0.2) is 0 Å². The highest BCUT2D eigenvalue weighted by Gasteiger charge is 2.45. The summed E-state index contributed by atoms with van der Waals surface area (Å²) in [6.45, 7) is 3.58. The van der Waals surface area contributed by atoms with Crippen LogP contribution >= 0.6 is 11.8 Å². The Morgan fingerprint density at radius 1 is 1.60 bits per heavy atom.